The lowest BCUT2D eigenvalue weighted by Gasteiger charge is -2.10. The Morgan fingerprint density at radius 2 is 2.00 bits per heavy atom. The Balaban J connectivity index is 1.58. The second-order valence-electron chi connectivity index (χ2n) is 6.91. The van der Waals surface area contributed by atoms with Crippen molar-refractivity contribution in [3.63, 3.8) is 0 Å². The number of nitrogens with zero attached hydrogens (tertiary/aromatic N) is 2. The van der Waals surface area contributed by atoms with Crippen molar-refractivity contribution in [2.24, 2.45) is 0 Å². The first kappa shape index (κ1) is 18.2. The van der Waals surface area contributed by atoms with Gasteiger partial charge in [0.1, 0.15) is 11.5 Å². The zero-order valence-electron chi connectivity index (χ0n) is 14.7. The molecule has 1 atom stereocenters. The van der Waals surface area contributed by atoms with Gasteiger partial charge >= 0.3 is 6.18 Å². The summed E-state index contributed by atoms with van der Waals surface area (Å²) in [7, 11) is 0. The summed E-state index contributed by atoms with van der Waals surface area (Å²) < 4.78 is 43.6. The molecule has 1 aliphatic rings. The minimum atomic E-state index is -4.52. The number of aryl methyl sites for hydroxylation is 2. The maximum absolute atomic E-state index is 12.7. The molecule has 0 aliphatic heterocycles. The molecular formula is C21H15F3N2O2. The third-order valence-corrected chi connectivity index (χ3v) is 5.09. The maximum atomic E-state index is 12.7. The standard InChI is InChI=1S/C21H15F3N2O2/c22-21(23,24)15-4-5-18(26-10-15)17(9-25)19(27)7-14-11-28-20-8-13-3-1-2-12(13)6-16(14)20/h4-6,8,10-11,17H,1-3,7H2. The molecule has 0 spiro atoms. The van der Waals surface area contributed by atoms with E-state index in [0.29, 0.717) is 17.3 Å². The van der Waals surface area contributed by atoms with E-state index in [2.05, 4.69) is 4.98 Å². The minimum absolute atomic E-state index is 0.00851. The first-order chi connectivity index (χ1) is 13.4. The number of fused-ring (bicyclic) bond motifs is 2. The van der Waals surface area contributed by atoms with E-state index in [9.17, 15) is 23.2 Å². The van der Waals surface area contributed by atoms with Crippen molar-refractivity contribution in [1.29, 1.82) is 5.26 Å². The number of carbonyl (C=O) groups is 1. The molecule has 28 heavy (non-hydrogen) atoms. The van der Waals surface area contributed by atoms with Gasteiger partial charge in [-0.1, -0.05) is 0 Å². The van der Waals surface area contributed by atoms with Gasteiger partial charge in [0.05, 0.1) is 23.6 Å². The summed E-state index contributed by atoms with van der Waals surface area (Å²) in [6, 6.07) is 7.78. The van der Waals surface area contributed by atoms with E-state index >= 15 is 0 Å². The van der Waals surface area contributed by atoms with Crippen LogP contribution in [-0.2, 0) is 30.2 Å². The number of hydrogen-bond acceptors (Lipinski definition) is 4. The average molecular weight is 384 g/mol. The molecule has 0 bridgehead atoms. The molecular weight excluding hydrogens is 369 g/mol. The fourth-order valence-electron chi connectivity index (χ4n) is 3.62. The van der Waals surface area contributed by atoms with Crippen molar-refractivity contribution in [2.75, 3.05) is 0 Å². The summed E-state index contributed by atoms with van der Waals surface area (Å²) in [5.74, 6) is -1.67. The molecule has 142 valence electrons. The number of Topliss-reactive ketones (excluding diaryl/α,β-unsaturated/α-hetero) is 1. The van der Waals surface area contributed by atoms with Gasteiger partial charge in [-0.05, 0) is 54.7 Å². The quantitative estimate of drug-likeness (QED) is 0.651. The Bertz CT molecular complexity index is 1090. The highest BCUT2D eigenvalue weighted by atomic mass is 19.4. The molecule has 3 aromatic rings. The van der Waals surface area contributed by atoms with Gasteiger partial charge < -0.3 is 4.42 Å². The minimum Gasteiger partial charge on any atom is -0.464 e. The van der Waals surface area contributed by atoms with E-state index in [-0.39, 0.29) is 12.1 Å². The number of carbonyl (C=O) groups excluding carboxylic acids is 1. The van der Waals surface area contributed by atoms with Gasteiger partial charge in [0, 0.05) is 23.6 Å². The second-order valence-corrected chi connectivity index (χ2v) is 6.91. The zero-order chi connectivity index (χ0) is 19.9. The van der Waals surface area contributed by atoms with Crippen LogP contribution in [-0.4, -0.2) is 10.8 Å². The van der Waals surface area contributed by atoms with Gasteiger partial charge in [-0.25, -0.2) is 0 Å². The fourth-order valence-corrected chi connectivity index (χ4v) is 3.62. The summed E-state index contributed by atoms with van der Waals surface area (Å²) in [5, 5.41) is 10.2. The number of ketones is 1. The van der Waals surface area contributed by atoms with Gasteiger partial charge in [-0.2, -0.15) is 18.4 Å². The first-order valence-corrected chi connectivity index (χ1v) is 8.84. The molecule has 4 rings (SSSR count). The second kappa shape index (κ2) is 6.79. The van der Waals surface area contributed by atoms with Crippen LogP contribution in [0.4, 0.5) is 13.2 Å². The third kappa shape index (κ3) is 3.26. The monoisotopic (exact) mass is 384 g/mol. The molecule has 1 unspecified atom stereocenters. The predicted octanol–water partition coefficient (Wildman–Crippen LogP) is 4.75. The van der Waals surface area contributed by atoms with Gasteiger partial charge in [0.15, 0.2) is 5.78 Å². The number of halogens is 3. The molecule has 0 radical (unpaired) electrons. The fraction of sp³-hybridized carbons (Fsp3) is 0.286. The van der Waals surface area contributed by atoms with E-state index in [4.69, 9.17) is 4.42 Å². The number of hydrogen-bond donors (Lipinski definition) is 0. The van der Waals surface area contributed by atoms with Crippen molar-refractivity contribution < 1.29 is 22.4 Å². The highest BCUT2D eigenvalue weighted by molar-refractivity contribution is 5.94. The Morgan fingerprint density at radius 3 is 2.64 bits per heavy atom. The van der Waals surface area contributed by atoms with E-state index in [1.807, 2.05) is 18.2 Å². The summed E-state index contributed by atoms with van der Waals surface area (Å²) in [5.41, 5.74) is 2.95. The molecule has 0 N–H and O–H groups in total. The molecule has 0 saturated heterocycles. The zero-order valence-corrected chi connectivity index (χ0v) is 14.7. The molecule has 1 aromatic carbocycles. The summed E-state index contributed by atoms with van der Waals surface area (Å²) in [6.07, 6.45) is 0.666. The SMILES string of the molecule is N#CC(C(=O)Cc1coc2cc3c(cc12)CCC3)c1ccc(C(F)(F)F)cn1. The van der Waals surface area contributed by atoms with Crippen LogP contribution >= 0.6 is 0 Å². The van der Waals surface area contributed by atoms with E-state index in [1.54, 1.807) is 0 Å². The lowest BCUT2D eigenvalue weighted by molar-refractivity contribution is -0.137. The first-order valence-electron chi connectivity index (χ1n) is 8.84. The van der Waals surface area contributed by atoms with Crippen LogP contribution in [0.15, 0.2) is 41.1 Å². The van der Waals surface area contributed by atoms with E-state index in [0.717, 1.165) is 36.8 Å². The Labute approximate surface area is 158 Å². The van der Waals surface area contributed by atoms with Crippen LogP contribution in [0, 0.1) is 11.3 Å². The molecule has 0 amide bonds. The van der Waals surface area contributed by atoms with Crippen LogP contribution in [0.1, 0.15) is 40.3 Å². The van der Waals surface area contributed by atoms with Gasteiger partial charge in [0.2, 0.25) is 0 Å². The van der Waals surface area contributed by atoms with Crippen LogP contribution in [0.5, 0.6) is 0 Å². The molecule has 2 heterocycles. The highest BCUT2D eigenvalue weighted by Crippen LogP contribution is 2.32. The topological polar surface area (TPSA) is 66.9 Å². The Hall–Kier alpha value is -3.14. The molecule has 7 heteroatoms. The number of furan rings is 1. The van der Waals surface area contributed by atoms with Crippen LogP contribution in [0.2, 0.25) is 0 Å². The normalized spacial score (nSPS) is 14.6. The van der Waals surface area contributed by atoms with Crippen molar-refractivity contribution in [3.8, 4) is 6.07 Å². The van der Waals surface area contributed by atoms with Crippen LogP contribution < -0.4 is 0 Å². The van der Waals surface area contributed by atoms with Crippen molar-refractivity contribution in [2.45, 2.75) is 37.8 Å². The number of benzene rings is 1. The molecule has 0 saturated carbocycles. The maximum Gasteiger partial charge on any atom is 0.417 e. The average Bonchev–Trinajstić information content (AvgIpc) is 3.27. The van der Waals surface area contributed by atoms with Gasteiger partial charge in [-0.3, -0.25) is 9.78 Å². The number of rotatable bonds is 4. The molecule has 1 aliphatic carbocycles. The van der Waals surface area contributed by atoms with Crippen LogP contribution in [0.3, 0.4) is 0 Å². The molecule has 2 aromatic heterocycles. The molecule has 4 nitrogen and oxygen atoms in total. The number of aromatic nitrogens is 1. The summed E-state index contributed by atoms with van der Waals surface area (Å²) in [6.45, 7) is 0. The number of pyridine rings is 1. The van der Waals surface area contributed by atoms with Crippen molar-refractivity contribution in [1.82, 2.24) is 4.98 Å². The van der Waals surface area contributed by atoms with Gasteiger partial charge in [-0.15, -0.1) is 0 Å². The molecule has 0 fully saturated rings. The predicted molar refractivity (Wildman–Crippen MR) is 94.5 cm³/mol. The summed E-state index contributed by atoms with van der Waals surface area (Å²) >= 11 is 0. The largest absolute Gasteiger partial charge is 0.464 e. The van der Waals surface area contributed by atoms with E-state index in [1.165, 1.54) is 17.4 Å². The van der Waals surface area contributed by atoms with Crippen molar-refractivity contribution in [3.05, 3.63) is 64.7 Å². The smallest absolute Gasteiger partial charge is 0.417 e. The number of alkyl halides is 3. The van der Waals surface area contributed by atoms with Gasteiger partial charge in [0.25, 0.3) is 0 Å². The Kier molecular flexibility index (Phi) is 4.42. The van der Waals surface area contributed by atoms with Crippen LogP contribution in [0.25, 0.3) is 11.0 Å². The third-order valence-electron chi connectivity index (χ3n) is 5.09. The van der Waals surface area contributed by atoms with E-state index < -0.39 is 23.4 Å². The van der Waals surface area contributed by atoms with Crippen molar-refractivity contribution >= 4 is 16.8 Å². The lowest BCUT2D eigenvalue weighted by Crippen LogP contribution is -2.15. The number of nitriles is 1. The lowest BCUT2D eigenvalue weighted by atomic mass is 9.94. The highest BCUT2D eigenvalue weighted by Gasteiger charge is 2.31. The summed E-state index contributed by atoms with van der Waals surface area (Å²) in [4.78, 5) is 16.4. The Morgan fingerprint density at radius 1 is 1.25 bits per heavy atom.